The Morgan fingerprint density at radius 2 is 1.84 bits per heavy atom. The average Bonchev–Trinajstić information content (AvgIpc) is 2.92. The van der Waals surface area contributed by atoms with Gasteiger partial charge in [-0.1, -0.05) is 68.2 Å². The summed E-state index contributed by atoms with van der Waals surface area (Å²) in [5.74, 6) is 1.89. The zero-order chi connectivity index (χ0) is 27.1. The number of hydrogen-bond donors (Lipinski definition) is 1. The first-order valence-corrected chi connectivity index (χ1v) is 13.1. The number of benzene rings is 2. The highest BCUT2D eigenvalue weighted by molar-refractivity contribution is 5.91. The largest absolute Gasteiger partial charge is 0.337 e. The standard InChI is InChI=1S/C29H34FN5O3/c1-3-5-11-25-28(37)32(18-16-22-12-14-24(30)15-13-22)20-26-34(25)27(36)21-33(17-4-2)35(26)29(38)31-19-23-9-7-6-8-10-23/h2,6-10,12-15,25-26H,3,5,11,16-21H2,1H3,(H,31,38)/t25-,26-/m0/s1. The summed E-state index contributed by atoms with van der Waals surface area (Å²) in [4.78, 5) is 43.8. The number of rotatable bonds is 9. The molecule has 2 aliphatic rings. The maximum absolute atomic E-state index is 13.6. The summed E-state index contributed by atoms with van der Waals surface area (Å²) in [6.07, 6.45) is 7.60. The van der Waals surface area contributed by atoms with Gasteiger partial charge in [0.05, 0.1) is 19.6 Å². The lowest BCUT2D eigenvalue weighted by molar-refractivity contribution is -0.189. The minimum absolute atomic E-state index is 0.0784. The summed E-state index contributed by atoms with van der Waals surface area (Å²) in [5.41, 5.74) is 1.84. The van der Waals surface area contributed by atoms with E-state index in [9.17, 15) is 18.8 Å². The van der Waals surface area contributed by atoms with Gasteiger partial charge in [0.1, 0.15) is 18.0 Å². The Labute approximate surface area is 223 Å². The third kappa shape index (κ3) is 6.14. The lowest BCUT2D eigenvalue weighted by Gasteiger charge is -2.55. The normalized spacial score (nSPS) is 19.8. The SMILES string of the molecule is C#CCN1CC(=O)N2[C@@H](CCCC)C(=O)N(CCc3ccc(F)cc3)C[C@@H]2N1C(=O)NCc1ccccc1. The molecule has 2 aliphatic heterocycles. The quantitative estimate of drug-likeness (QED) is 0.517. The van der Waals surface area contributed by atoms with Crippen molar-refractivity contribution in [3.63, 3.8) is 0 Å². The van der Waals surface area contributed by atoms with E-state index < -0.39 is 12.2 Å². The molecule has 9 heteroatoms. The van der Waals surface area contributed by atoms with Gasteiger partial charge < -0.3 is 15.1 Å². The van der Waals surface area contributed by atoms with Crippen LogP contribution in [0.5, 0.6) is 0 Å². The zero-order valence-electron chi connectivity index (χ0n) is 21.7. The Hall–Kier alpha value is -3.90. The van der Waals surface area contributed by atoms with Crippen LogP contribution in [0.25, 0.3) is 0 Å². The second kappa shape index (κ2) is 12.6. The molecular formula is C29H34FN5O3. The van der Waals surface area contributed by atoms with Crippen LogP contribution in [0.15, 0.2) is 54.6 Å². The van der Waals surface area contributed by atoms with Crippen LogP contribution < -0.4 is 5.32 Å². The fourth-order valence-electron chi connectivity index (χ4n) is 5.08. The average molecular weight is 520 g/mol. The first kappa shape index (κ1) is 27.1. The van der Waals surface area contributed by atoms with Crippen molar-refractivity contribution in [1.29, 1.82) is 0 Å². The highest BCUT2D eigenvalue weighted by Crippen LogP contribution is 2.29. The van der Waals surface area contributed by atoms with E-state index in [2.05, 4.69) is 11.2 Å². The summed E-state index contributed by atoms with van der Waals surface area (Å²) in [5, 5.41) is 6.04. The molecule has 2 aromatic carbocycles. The van der Waals surface area contributed by atoms with Gasteiger partial charge in [0.15, 0.2) is 0 Å². The number of hydrazine groups is 1. The molecular weight excluding hydrogens is 485 g/mol. The molecule has 2 saturated heterocycles. The predicted octanol–water partition coefficient (Wildman–Crippen LogP) is 3.00. The van der Waals surface area contributed by atoms with E-state index in [4.69, 9.17) is 6.42 Å². The first-order chi connectivity index (χ1) is 18.4. The molecule has 0 unspecified atom stereocenters. The number of nitrogens with zero attached hydrogens (tertiary/aromatic N) is 4. The topological polar surface area (TPSA) is 76.2 Å². The van der Waals surface area contributed by atoms with E-state index in [1.54, 1.807) is 26.9 Å². The van der Waals surface area contributed by atoms with Crippen molar-refractivity contribution in [2.75, 3.05) is 26.2 Å². The maximum Gasteiger partial charge on any atom is 0.334 e. The fourth-order valence-corrected chi connectivity index (χ4v) is 5.08. The van der Waals surface area contributed by atoms with Crippen molar-refractivity contribution in [2.45, 2.75) is 51.4 Å². The van der Waals surface area contributed by atoms with Crippen LogP contribution in [0.4, 0.5) is 9.18 Å². The summed E-state index contributed by atoms with van der Waals surface area (Å²) in [6.45, 7) is 2.90. The number of carbonyl (C=O) groups excluding carboxylic acids is 3. The van der Waals surface area contributed by atoms with Gasteiger partial charge in [-0.15, -0.1) is 6.42 Å². The van der Waals surface area contributed by atoms with E-state index in [0.717, 1.165) is 24.0 Å². The van der Waals surface area contributed by atoms with Crippen LogP contribution in [0.2, 0.25) is 0 Å². The van der Waals surface area contributed by atoms with E-state index >= 15 is 0 Å². The van der Waals surface area contributed by atoms with Gasteiger partial charge in [0.25, 0.3) is 0 Å². The maximum atomic E-state index is 13.6. The number of unbranched alkanes of at least 4 members (excludes halogenated alkanes) is 1. The molecule has 0 bridgehead atoms. The van der Waals surface area contributed by atoms with Crippen LogP contribution in [-0.4, -0.2) is 76.0 Å². The molecule has 0 saturated carbocycles. The number of hydrogen-bond acceptors (Lipinski definition) is 4. The molecule has 2 aromatic rings. The van der Waals surface area contributed by atoms with Crippen LogP contribution in [0.1, 0.15) is 37.3 Å². The number of carbonyl (C=O) groups is 3. The molecule has 2 atom stereocenters. The molecule has 0 aliphatic carbocycles. The number of urea groups is 1. The predicted molar refractivity (Wildman–Crippen MR) is 142 cm³/mol. The molecule has 38 heavy (non-hydrogen) atoms. The molecule has 2 heterocycles. The van der Waals surface area contributed by atoms with Gasteiger partial charge in [-0.2, -0.15) is 5.01 Å². The van der Waals surface area contributed by atoms with Gasteiger partial charge in [-0.3, -0.25) is 9.59 Å². The molecule has 1 N–H and O–H groups in total. The first-order valence-electron chi connectivity index (χ1n) is 13.1. The molecule has 200 valence electrons. The summed E-state index contributed by atoms with van der Waals surface area (Å²) < 4.78 is 13.4. The van der Waals surface area contributed by atoms with Crippen molar-refractivity contribution in [2.24, 2.45) is 0 Å². The zero-order valence-corrected chi connectivity index (χ0v) is 21.7. The lowest BCUT2D eigenvalue weighted by atomic mass is 10.0. The molecule has 8 nitrogen and oxygen atoms in total. The van der Waals surface area contributed by atoms with Gasteiger partial charge >= 0.3 is 6.03 Å². The molecule has 4 rings (SSSR count). The second-order valence-corrected chi connectivity index (χ2v) is 9.62. The fraction of sp³-hybridized carbons (Fsp3) is 0.414. The Kier molecular flexibility index (Phi) is 8.98. The number of amides is 4. The Morgan fingerprint density at radius 1 is 1.11 bits per heavy atom. The van der Waals surface area contributed by atoms with E-state index in [0.29, 0.717) is 25.9 Å². The third-order valence-electron chi connectivity index (χ3n) is 7.01. The minimum Gasteiger partial charge on any atom is -0.337 e. The number of halogens is 1. The van der Waals surface area contributed by atoms with Crippen molar-refractivity contribution in [1.82, 2.24) is 25.1 Å². The van der Waals surface area contributed by atoms with Crippen molar-refractivity contribution >= 4 is 17.8 Å². The van der Waals surface area contributed by atoms with Crippen LogP contribution in [0, 0.1) is 18.2 Å². The van der Waals surface area contributed by atoms with Gasteiger partial charge in [-0.05, 0) is 36.1 Å². The van der Waals surface area contributed by atoms with E-state index in [1.165, 1.54) is 17.1 Å². The van der Waals surface area contributed by atoms with Gasteiger partial charge in [0.2, 0.25) is 11.8 Å². The molecule has 4 amide bonds. The number of terminal acetylenes is 1. The monoisotopic (exact) mass is 519 g/mol. The number of fused-ring (bicyclic) bond motifs is 1. The minimum atomic E-state index is -0.687. The third-order valence-corrected chi connectivity index (χ3v) is 7.01. The van der Waals surface area contributed by atoms with Crippen LogP contribution >= 0.6 is 0 Å². The number of piperazine rings is 1. The van der Waals surface area contributed by atoms with Crippen LogP contribution in [-0.2, 0) is 22.6 Å². The smallest absolute Gasteiger partial charge is 0.334 e. The second-order valence-electron chi connectivity index (χ2n) is 9.62. The van der Waals surface area contributed by atoms with Crippen molar-refractivity contribution in [3.05, 3.63) is 71.5 Å². The Bertz CT molecular complexity index is 1170. The summed E-state index contributed by atoms with van der Waals surface area (Å²) >= 11 is 0. The van der Waals surface area contributed by atoms with Crippen molar-refractivity contribution in [3.8, 4) is 12.3 Å². The molecule has 2 fully saturated rings. The number of nitrogens with one attached hydrogen (secondary N) is 1. The Morgan fingerprint density at radius 3 is 2.53 bits per heavy atom. The van der Waals surface area contributed by atoms with Crippen molar-refractivity contribution < 1.29 is 18.8 Å². The Balaban J connectivity index is 1.60. The highest BCUT2D eigenvalue weighted by atomic mass is 19.1. The van der Waals surface area contributed by atoms with Gasteiger partial charge in [0, 0.05) is 13.1 Å². The van der Waals surface area contributed by atoms with E-state index in [1.807, 2.05) is 37.3 Å². The van der Waals surface area contributed by atoms with E-state index in [-0.39, 0.29) is 43.3 Å². The van der Waals surface area contributed by atoms with Gasteiger partial charge in [-0.25, -0.2) is 14.2 Å². The molecule has 0 aromatic heterocycles. The summed E-state index contributed by atoms with van der Waals surface area (Å²) in [7, 11) is 0. The lowest BCUT2D eigenvalue weighted by Crippen LogP contribution is -2.76. The molecule has 0 spiro atoms. The molecule has 0 radical (unpaired) electrons. The highest BCUT2D eigenvalue weighted by Gasteiger charge is 2.50. The summed E-state index contributed by atoms with van der Waals surface area (Å²) in [6, 6.07) is 14.7. The van der Waals surface area contributed by atoms with Crippen LogP contribution in [0.3, 0.4) is 0 Å².